The Balaban J connectivity index is 1.48. The Bertz CT molecular complexity index is 1180. The molecule has 1 aliphatic rings. The van der Waals surface area contributed by atoms with Crippen molar-refractivity contribution in [2.75, 3.05) is 12.4 Å². The average Bonchev–Trinajstić information content (AvgIpc) is 3.02. The van der Waals surface area contributed by atoms with Crippen molar-refractivity contribution in [2.24, 2.45) is 0 Å². The quantitative estimate of drug-likeness (QED) is 0.665. The summed E-state index contributed by atoms with van der Waals surface area (Å²) in [6.45, 7) is 5.72. The third-order valence-electron chi connectivity index (χ3n) is 5.11. The van der Waals surface area contributed by atoms with Gasteiger partial charge in [0, 0.05) is 36.8 Å². The number of hydrogen-bond donors (Lipinski definition) is 1. The smallest absolute Gasteiger partial charge is 0.269 e. The molecule has 0 unspecified atom stereocenters. The molecule has 3 aromatic rings. The number of benzene rings is 1. The molecular formula is C23H23N3O4. The Morgan fingerprint density at radius 1 is 1.30 bits per heavy atom. The number of para-hydroxylation sites is 1. The number of carbonyl (C=O) groups excluding carboxylic acids is 2. The molecule has 1 N–H and O–H groups in total. The normalized spacial score (nSPS) is 15.0. The number of amides is 2. The van der Waals surface area contributed by atoms with Gasteiger partial charge in [0.05, 0.1) is 0 Å². The molecule has 7 heteroatoms. The molecule has 2 aromatic heterocycles. The van der Waals surface area contributed by atoms with E-state index in [0.717, 1.165) is 22.3 Å². The van der Waals surface area contributed by atoms with Crippen molar-refractivity contribution in [3.8, 4) is 5.75 Å². The summed E-state index contributed by atoms with van der Waals surface area (Å²) in [7, 11) is 1.75. The van der Waals surface area contributed by atoms with Crippen LogP contribution in [0, 0.1) is 6.92 Å². The Morgan fingerprint density at radius 3 is 2.87 bits per heavy atom. The lowest BCUT2D eigenvalue weighted by Gasteiger charge is -2.30. The van der Waals surface area contributed by atoms with Gasteiger partial charge >= 0.3 is 0 Å². The predicted molar refractivity (Wildman–Crippen MR) is 114 cm³/mol. The summed E-state index contributed by atoms with van der Waals surface area (Å²) in [6.07, 6.45) is 4.76. The highest BCUT2D eigenvalue weighted by molar-refractivity contribution is 5.99. The summed E-state index contributed by atoms with van der Waals surface area (Å²) >= 11 is 0. The van der Waals surface area contributed by atoms with Crippen LogP contribution in [0.2, 0.25) is 0 Å². The Hall–Kier alpha value is -3.61. The van der Waals surface area contributed by atoms with E-state index in [1.165, 1.54) is 6.08 Å². The second-order valence-corrected chi connectivity index (χ2v) is 7.84. The number of carbonyl (C=O) groups is 2. The largest absolute Gasteiger partial charge is 0.474 e. The van der Waals surface area contributed by atoms with Gasteiger partial charge in [0.2, 0.25) is 5.91 Å². The topological polar surface area (TPSA) is 84.7 Å². The predicted octanol–water partition coefficient (Wildman–Crippen LogP) is 3.92. The van der Waals surface area contributed by atoms with Crippen molar-refractivity contribution in [3.05, 3.63) is 59.5 Å². The van der Waals surface area contributed by atoms with Crippen molar-refractivity contribution in [2.45, 2.75) is 32.9 Å². The van der Waals surface area contributed by atoms with E-state index in [9.17, 15) is 9.59 Å². The zero-order chi connectivity index (χ0) is 21.5. The van der Waals surface area contributed by atoms with Crippen LogP contribution in [0.3, 0.4) is 0 Å². The van der Waals surface area contributed by atoms with Gasteiger partial charge in [0.25, 0.3) is 5.91 Å². The molecule has 0 radical (unpaired) electrons. The van der Waals surface area contributed by atoms with Gasteiger partial charge in [-0.15, -0.1) is 0 Å². The summed E-state index contributed by atoms with van der Waals surface area (Å²) in [5, 5.41) is 3.74. The van der Waals surface area contributed by atoms with E-state index < -0.39 is 5.60 Å². The maximum atomic E-state index is 12.6. The number of anilines is 1. The minimum absolute atomic E-state index is 0.146. The Kier molecular flexibility index (Phi) is 4.81. The van der Waals surface area contributed by atoms with E-state index in [4.69, 9.17) is 9.15 Å². The molecule has 0 saturated heterocycles. The molecule has 0 fully saturated rings. The zero-order valence-corrected chi connectivity index (χ0v) is 17.4. The number of nitrogens with zero attached hydrogens (tertiary/aromatic N) is 2. The number of aromatic nitrogens is 1. The number of aryl methyl sites for hydroxylation is 1. The monoisotopic (exact) mass is 405 g/mol. The minimum Gasteiger partial charge on any atom is -0.474 e. The van der Waals surface area contributed by atoms with Crippen molar-refractivity contribution in [1.82, 2.24) is 9.88 Å². The molecule has 0 spiro atoms. The van der Waals surface area contributed by atoms with Crippen LogP contribution in [0.25, 0.3) is 17.0 Å². The zero-order valence-electron chi connectivity index (χ0n) is 17.4. The van der Waals surface area contributed by atoms with Gasteiger partial charge in [-0.3, -0.25) is 9.59 Å². The highest BCUT2D eigenvalue weighted by Gasteiger charge is 2.36. The van der Waals surface area contributed by atoms with Crippen molar-refractivity contribution in [3.63, 3.8) is 0 Å². The molecule has 7 nitrogen and oxygen atoms in total. The summed E-state index contributed by atoms with van der Waals surface area (Å²) in [4.78, 5) is 30.4. The molecule has 30 heavy (non-hydrogen) atoms. The number of hydrogen-bond acceptors (Lipinski definition) is 5. The second kappa shape index (κ2) is 7.33. The lowest BCUT2D eigenvalue weighted by atomic mass is 10.1. The lowest BCUT2D eigenvalue weighted by Crippen LogP contribution is -2.46. The highest BCUT2D eigenvalue weighted by atomic mass is 16.5. The third-order valence-corrected chi connectivity index (χ3v) is 5.11. The van der Waals surface area contributed by atoms with Crippen molar-refractivity contribution in [1.29, 1.82) is 0 Å². The Labute approximate surface area is 174 Å². The van der Waals surface area contributed by atoms with Crippen molar-refractivity contribution < 1.29 is 18.7 Å². The van der Waals surface area contributed by atoms with E-state index in [1.54, 1.807) is 44.1 Å². The van der Waals surface area contributed by atoms with Crippen LogP contribution in [-0.2, 0) is 16.1 Å². The fourth-order valence-corrected chi connectivity index (χ4v) is 3.33. The molecule has 2 amide bonds. The Morgan fingerprint density at radius 2 is 2.07 bits per heavy atom. The molecule has 3 heterocycles. The SMILES string of the molecule is Cc1oc2ccccc2c1CN(C)C(=O)C=Cc1cnc2c(c1)OC(C)(C)C(=O)N2. The molecule has 1 aromatic carbocycles. The molecule has 154 valence electrons. The maximum absolute atomic E-state index is 12.6. The number of furan rings is 1. The lowest BCUT2D eigenvalue weighted by molar-refractivity contribution is -0.129. The van der Waals surface area contributed by atoms with Gasteiger partial charge in [-0.05, 0) is 44.5 Å². The van der Waals surface area contributed by atoms with Gasteiger partial charge in [-0.1, -0.05) is 18.2 Å². The van der Waals surface area contributed by atoms with E-state index >= 15 is 0 Å². The number of rotatable bonds is 4. The van der Waals surface area contributed by atoms with E-state index in [-0.39, 0.29) is 11.8 Å². The second-order valence-electron chi connectivity index (χ2n) is 7.84. The first kappa shape index (κ1) is 19.7. The van der Waals surface area contributed by atoms with E-state index in [0.29, 0.717) is 23.7 Å². The first-order chi connectivity index (χ1) is 14.2. The van der Waals surface area contributed by atoms with Gasteiger partial charge in [-0.25, -0.2) is 4.98 Å². The molecule has 0 atom stereocenters. The molecule has 0 saturated carbocycles. The molecule has 0 bridgehead atoms. The third kappa shape index (κ3) is 3.66. The maximum Gasteiger partial charge on any atom is 0.269 e. The minimum atomic E-state index is -0.974. The number of likely N-dealkylation sites (N-methyl/N-ethyl adjacent to an activating group) is 1. The molecular weight excluding hydrogens is 382 g/mol. The number of pyridine rings is 1. The number of ether oxygens (including phenoxy) is 1. The summed E-state index contributed by atoms with van der Waals surface area (Å²) in [5.74, 6) is 1.27. The van der Waals surface area contributed by atoms with E-state index in [2.05, 4.69) is 10.3 Å². The summed E-state index contributed by atoms with van der Waals surface area (Å²) < 4.78 is 11.5. The standard InChI is InChI=1S/C23H23N3O4/c1-14-17(16-7-5-6-8-18(16)29-14)13-26(4)20(27)10-9-15-11-19-21(24-12-15)25-22(28)23(2,3)30-19/h5-12H,13H2,1-4H3,(H,24,25,28). The van der Waals surface area contributed by atoms with Gasteiger partial charge in [-0.2, -0.15) is 0 Å². The van der Waals surface area contributed by atoms with Crippen LogP contribution >= 0.6 is 0 Å². The van der Waals surface area contributed by atoms with Crippen LogP contribution in [0.5, 0.6) is 5.75 Å². The number of nitrogens with one attached hydrogen (secondary N) is 1. The average molecular weight is 405 g/mol. The van der Waals surface area contributed by atoms with Crippen LogP contribution in [0.15, 0.2) is 47.0 Å². The summed E-state index contributed by atoms with van der Waals surface area (Å²) in [6, 6.07) is 9.55. The molecule has 0 aliphatic carbocycles. The van der Waals surface area contributed by atoms with Crippen LogP contribution in [0.1, 0.15) is 30.7 Å². The fraction of sp³-hybridized carbons (Fsp3) is 0.261. The first-order valence-corrected chi connectivity index (χ1v) is 9.65. The molecule has 4 rings (SSSR count). The van der Waals surface area contributed by atoms with Crippen LogP contribution in [0.4, 0.5) is 5.82 Å². The first-order valence-electron chi connectivity index (χ1n) is 9.65. The van der Waals surface area contributed by atoms with Crippen LogP contribution in [-0.4, -0.2) is 34.3 Å². The highest BCUT2D eigenvalue weighted by Crippen LogP contribution is 2.32. The van der Waals surface area contributed by atoms with Crippen molar-refractivity contribution >= 4 is 34.7 Å². The van der Waals surface area contributed by atoms with E-state index in [1.807, 2.05) is 31.2 Å². The van der Waals surface area contributed by atoms with Gasteiger partial charge in [0.1, 0.15) is 11.3 Å². The van der Waals surface area contributed by atoms with Crippen LogP contribution < -0.4 is 10.1 Å². The fourth-order valence-electron chi connectivity index (χ4n) is 3.33. The number of fused-ring (bicyclic) bond motifs is 2. The van der Waals surface area contributed by atoms with Gasteiger partial charge < -0.3 is 19.4 Å². The van der Waals surface area contributed by atoms with Gasteiger partial charge in [0.15, 0.2) is 17.2 Å². The summed E-state index contributed by atoms with van der Waals surface area (Å²) in [5.41, 5.74) is 1.54. The molecule has 1 aliphatic heterocycles.